The molecule has 0 atom stereocenters. The molecule has 2 amide bonds. The zero-order valence-corrected chi connectivity index (χ0v) is 23.5. The smallest absolute Gasteiger partial charge is 0.369 e. The number of alkyl halides is 3. The summed E-state index contributed by atoms with van der Waals surface area (Å²) in [6.07, 6.45) is -3.12. The second-order valence-corrected chi connectivity index (χ2v) is 10.1. The van der Waals surface area contributed by atoms with Crippen LogP contribution in [0.2, 0.25) is 0 Å². The Hall–Kier alpha value is -4.98. The molecule has 3 heterocycles. The highest BCUT2D eigenvalue weighted by Crippen LogP contribution is 2.30. The Kier molecular flexibility index (Phi) is 8.57. The van der Waals surface area contributed by atoms with Gasteiger partial charge in [0.1, 0.15) is 18.0 Å². The van der Waals surface area contributed by atoms with Gasteiger partial charge in [0.25, 0.3) is 5.91 Å². The first-order valence-electron chi connectivity index (χ1n) is 13.5. The summed E-state index contributed by atoms with van der Waals surface area (Å²) in [5, 5.41) is 16.6. The largest absolute Gasteiger partial charge is 0.416 e. The Bertz CT molecular complexity index is 1640. The van der Waals surface area contributed by atoms with Gasteiger partial charge in [-0.15, -0.1) is 0 Å². The summed E-state index contributed by atoms with van der Waals surface area (Å²) >= 11 is 0. The van der Waals surface area contributed by atoms with Crippen LogP contribution in [0.3, 0.4) is 0 Å². The van der Waals surface area contributed by atoms with Crippen molar-refractivity contribution in [1.29, 1.82) is 0 Å². The number of halogens is 3. The number of benzene rings is 2. The normalized spacial score (nSPS) is 13.8. The van der Waals surface area contributed by atoms with E-state index >= 15 is 0 Å². The van der Waals surface area contributed by atoms with Gasteiger partial charge in [0.15, 0.2) is 5.82 Å². The average molecular weight is 594 g/mol. The zero-order valence-electron chi connectivity index (χ0n) is 23.5. The molecule has 43 heavy (non-hydrogen) atoms. The third kappa shape index (κ3) is 7.46. The number of nitrogens with one attached hydrogen (secondary N) is 4. The third-order valence-electron chi connectivity index (χ3n) is 6.76. The predicted molar refractivity (Wildman–Crippen MR) is 156 cm³/mol. The maximum atomic E-state index is 13.1. The van der Waals surface area contributed by atoms with Crippen LogP contribution in [0.25, 0.3) is 5.82 Å². The van der Waals surface area contributed by atoms with E-state index in [9.17, 15) is 22.8 Å². The van der Waals surface area contributed by atoms with Gasteiger partial charge in [0.05, 0.1) is 17.8 Å². The van der Waals surface area contributed by atoms with E-state index in [1.165, 1.54) is 18.5 Å². The molecule has 1 saturated heterocycles. The number of hydrogen-bond donors (Lipinski definition) is 4. The molecule has 2 aromatic heterocycles. The Balaban J connectivity index is 1.29. The van der Waals surface area contributed by atoms with Gasteiger partial charge in [-0.05, 0) is 49.7 Å². The van der Waals surface area contributed by atoms with Crippen LogP contribution >= 0.6 is 0 Å². The van der Waals surface area contributed by atoms with Crippen molar-refractivity contribution in [3.8, 4) is 5.82 Å². The van der Waals surface area contributed by atoms with E-state index in [-0.39, 0.29) is 11.5 Å². The van der Waals surface area contributed by atoms with Gasteiger partial charge in [-0.1, -0.05) is 12.1 Å². The molecule has 4 aromatic rings. The maximum absolute atomic E-state index is 13.1. The van der Waals surface area contributed by atoms with E-state index in [0.717, 1.165) is 29.9 Å². The third-order valence-corrected chi connectivity index (χ3v) is 6.76. The number of rotatable bonds is 9. The molecule has 224 valence electrons. The highest BCUT2D eigenvalue weighted by molar-refractivity contribution is 6.04. The van der Waals surface area contributed by atoms with E-state index in [1.807, 2.05) is 19.9 Å². The van der Waals surface area contributed by atoms with Crippen LogP contribution < -0.4 is 21.3 Å². The van der Waals surface area contributed by atoms with Crippen molar-refractivity contribution in [2.45, 2.75) is 20.0 Å². The molecule has 2 aromatic carbocycles. The molecule has 0 radical (unpaired) electrons. The van der Waals surface area contributed by atoms with Crippen molar-refractivity contribution >= 4 is 34.8 Å². The molecule has 0 aliphatic carbocycles. The van der Waals surface area contributed by atoms with Crippen LogP contribution in [-0.4, -0.2) is 69.2 Å². The molecule has 0 unspecified atom stereocenters. The first-order chi connectivity index (χ1) is 20.5. The Labute approximate surface area is 245 Å². The first kappa shape index (κ1) is 29.5. The number of carbonyl (C=O) groups excluding carboxylic acids is 2. The molecular weight excluding hydrogens is 563 g/mol. The molecule has 14 heteroatoms. The number of aryl methyl sites for hydroxylation is 2. The van der Waals surface area contributed by atoms with Crippen molar-refractivity contribution in [1.82, 2.24) is 30.0 Å². The Morgan fingerprint density at radius 1 is 1.07 bits per heavy atom. The van der Waals surface area contributed by atoms with Gasteiger partial charge in [0.2, 0.25) is 5.91 Å². The predicted octanol–water partition coefficient (Wildman–Crippen LogP) is 4.14. The molecule has 1 aliphatic heterocycles. The topological polar surface area (TPSA) is 129 Å². The lowest BCUT2D eigenvalue weighted by molar-refractivity contribution is -0.137. The van der Waals surface area contributed by atoms with Crippen LogP contribution in [0.15, 0.2) is 60.9 Å². The van der Waals surface area contributed by atoms with Crippen LogP contribution in [0.5, 0.6) is 0 Å². The van der Waals surface area contributed by atoms with Gasteiger partial charge in [0, 0.05) is 55.2 Å². The fourth-order valence-electron chi connectivity index (χ4n) is 4.56. The van der Waals surface area contributed by atoms with Gasteiger partial charge >= 0.3 is 6.18 Å². The minimum Gasteiger partial charge on any atom is -0.369 e. The fraction of sp³-hybridized carbons (Fsp3) is 0.276. The molecule has 4 N–H and O–H groups in total. The molecule has 5 rings (SSSR count). The fourth-order valence-corrected chi connectivity index (χ4v) is 4.56. The van der Waals surface area contributed by atoms with Crippen molar-refractivity contribution in [2.24, 2.45) is 0 Å². The second-order valence-electron chi connectivity index (χ2n) is 10.1. The van der Waals surface area contributed by atoms with Crippen molar-refractivity contribution in [3.05, 3.63) is 83.3 Å². The van der Waals surface area contributed by atoms with Gasteiger partial charge in [-0.2, -0.15) is 23.0 Å². The minimum absolute atomic E-state index is 0.0172. The lowest BCUT2D eigenvalue weighted by Crippen LogP contribution is -2.48. The quantitative estimate of drug-likeness (QED) is 0.228. The lowest BCUT2D eigenvalue weighted by Gasteiger charge is -2.26. The maximum Gasteiger partial charge on any atom is 0.416 e. The summed E-state index contributed by atoms with van der Waals surface area (Å²) in [6.45, 7) is 6.79. The van der Waals surface area contributed by atoms with Crippen LogP contribution in [0, 0.1) is 13.8 Å². The SMILES string of the molecule is Cc1cc(Nc2cc(NC(=O)c3cccc(C(F)(F)F)c3)ccc2C)n(-c2cc(NCCN3CCNC(=O)C3)ncn2)n1. The number of amides is 2. The van der Waals surface area contributed by atoms with Crippen LogP contribution in [0.1, 0.15) is 27.2 Å². The Morgan fingerprint density at radius 3 is 2.70 bits per heavy atom. The molecule has 11 nitrogen and oxygen atoms in total. The number of carbonyl (C=O) groups is 2. The monoisotopic (exact) mass is 593 g/mol. The summed E-state index contributed by atoms with van der Waals surface area (Å²) in [5.74, 6) is 1.07. The highest BCUT2D eigenvalue weighted by Gasteiger charge is 2.31. The molecule has 1 aliphatic rings. The molecule has 0 spiro atoms. The number of hydrogen-bond acceptors (Lipinski definition) is 8. The lowest BCUT2D eigenvalue weighted by atomic mass is 10.1. The standard InChI is InChI=1S/C29H30F3N9O2/c1-18-6-7-22(37-28(43)20-4-3-5-21(13-20)29(30,31)32)14-23(18)38-26-12-19(2)39-41(26)25-15-24(35-17-36-25)33-8-10-40-11-9-34-27(42)16-40/h3-7,12-15,17,38H,8-11,16H2,1-2H3,(H,34,42)(H,37,43)(H,33,35,36). The van der Waals surface area contributed by atoms with E-state index in [1.54, 1.807) is 28.9 Å². The first-order valence-corrected chi connectivity index (χ1v) is 13.5. The van der Waals surface area contributed by atoms with E-state index in [0.29, 0.717) is 55.0 Å². The summed E-state index contributed by atoms with van der Waals surface area (Å²) in [5.41, 5.74) is 1.64. The van der Waals surface area contributed by atoms with Gasteiger partial charge in [-0.25, -0.2) is 9.97 Å². The minimum atomic E-state index is -4.55. The molecule has 1 fully saturated rings. The van der Waals surface area contributed by atoms with Crippen LogP contribution in [0.4, 0.5) is 36.2 Å². The average Bonchev–Trinajstić information content (AvgIpc) is 3.34. The number of nitrogens with zero attached hydrogens (tertiary/aromatic N) is 5. The van der Waals surface area contributed by atoms with Crippen molar-refractivity contribution in [2.75, 3.05) is 48.7 Å². The molecule has 0 bridgehead atoms. The van der Waals surface area contributed by atoms with E-state index in [2.05, 4.69) is 41.2 Å². The zero-order chi connectivity index (χ0) is 30.6. The van der Waals surface area contributed by atoms with E-state index < -0.39 is 17.6 Å². The van der Waals surface area contributed by atoms with Gasteiger partial charge < -0.3 is 21.3 Å². The summed E-state index contributed by atoms with van der Waals surface area (Å²) < 4.78 is 40.9. The van der Waals surface area contributed by atoms with Gasteiger partial charge in [-0.3, -0.25) is 14.5 Å². The van der Waals surface area contributed by atoms with E-state index in [4.69, 9.17) is 0 Å². The second kappa shape index (κ2) is 12.5. The number of aromatic nitrogens is 4. The number of piperazine rings is 1. The van der Waals surface area contributed by atoms with Crippen molar-refractivity contribution < 1.29 is 22.8 Å². The molecular formula is C29H30F3N9O2. The molecule has 0 saturated carbocycles. The van der Waals surface area contributed by atoms with Crippen LogP contribution in [-0.2, 0) is 11.0 Å². The number of anilines is 4. The van der Waals surface area contributed by atoms with Crippen molar-refractivity contribution in [3.63, 3.8) is 0 Å². The summed E-state index contributed by atoms with van der Waals surface area (Å²) in [7, 11) is 0. The summed E-state index contributed by atoms with van der Waals surface area (Å²) in [6, 6.07) is 13.0. The highest BCUT2D eigenvalue weighted by atomic mass is 19.4. The summed E-state index contributed by atoms with van der Waals surface area (Å²) in [4.78, 5) is 35.1. The Morgan fingerprint density at radius 2 is 1.91 bits per heavy atom.